The number of amides is 1. The summed E-state index contributed by atoms with van der Waals surface area (Å²) in [6.45, 7) is 5.89. The van der Waals surface area contributed by atoms with Crippen molar-refractivity contribution in [3.8, 4) is 0 Å². The lowest BCUT2D eigenvalue weighted by Gasteiger charge is -2.49. The number of hydrogen-bond donors (Lipinski definition) is 0. The van der Waals surface area contributed by atoms with E-state index in [1.807, 2.05) is 25.1 Å². The molecule has 4 rings (SSSR count). The topological polar surface area (TPSA) is 41.4 Å². The van der Waals surface area contributed by atoms with Gasteiger partial charge in [0.05, 0.1) is 11.3 Å². The van der Waals surface area contributed by atoms with Gasteiger partial charge in [-0.15, -0.1) is 0 Å². The van der Waals surface area contributed by atoms with Crippen LogP contribution in [0.25, 0.3) is 0 Å². The summed E-state index contributed by atoms with van der Waals surface area (Å²) in [7, 11) is 4.12. The van der Waals surface area contributed by atoms with Crippen molar-refractivity contribution in [1.29, 1.82) is 0 Å². The third-order valence-corrected chi connectivity index (χ3v) is 6.44. The molecule has 2 aliphatic rings. The summed E-state index contributed by atoms with van der Waals surface area (Å²) >= 11 is 0. The summed E-state index contributed by atoms with van der Waals surface area (Å²) in [4.78, 5) is 17.4. The molecule has 27 heavy (non-hydrogen) atoms. The minimum Gasteiger partial charge on any atom is -0.339 e. The zero-order valence-electron chi connectivity index (χ0n) is 16.7. The van der Waals surface area contributed by atoms with Crippen molar-refractivity contribution in [2.45, 2.75) is 32.1 Å². The van der Waals surface area contributed by atoms with Crippen molar-refractivity contribution >= 4 is 5.91 Å². The van der Waals surface area contributed by atoms with Crippen LogP contribution in [0.2, 0.25) is 0 Å². The van der Waals surface area contributed by atoms with Gasteiger partial charge in [-0.3, -0.25) is 9.48 Å². The zero-order chi connectivity index (χ0) is 19.0. The maximum Gasteiger partial charge on any atom is 0.257 e. The van der Waals surface area contributed by atoms with E-state index in [-0.39, 0.29) is 5.91 Å². The van der Waals surface area contributed by atoms with Gasteiger partial charge in [-0.25, -0.2) is 0 Å². The molecule has 5 nitrogen and oxygen atoms in total. The molecule has 1 aromatic carbocycles. The van der Waals surface area contributed by atoms with Gasteiger partial charge >= 0.3 is 0 Å². The van der Waals surface area contributed by atoms with Crippen LogP contribution in [0.3, 0.4) is 0 Å². The van der Waals surface area contributed by atoms with Gasteiger partial charge in [-0.1, -0.05) is 30.3 Å². The molecule has 1 amide bonds. The number of aryl methyl sites for hydroxylation is 2. The van der Waals surface area contributed by atoms with E-state index in [2.05, 4.69) is 47.4 Å². The monoisotopic (exact) mass is 366 g/mol. The molecule has 1 aromatic heterocycles. The van der Waals surface area contributed by atoms with Crippen LogP contribution in [0.15, 0.2) is 36.5 Å². The molecule has 0 bridgehead atoms. The molecule has 1 spiro atoms. The van der Waals surface area contributed by atoms with Gasteiger partial charge in [-0.2, -0.15) is 5.10 Å². The molecule has 2 fully saturated rings. The third kappa shape index (κ3) is 3.65. The van der Waals surface area contributed by atoms with Gasteiger partial charge in [-0.05, 0) is 50.1 Å². The predicted molar refractivity (Wildman–Crippen MR) is 107 cm³/mol. The van der Waals surface area contributed by atoms with E-state index < -0.39 is 0 Å². The number of hydrogen-bond acceptors (Lipinski definition) is 3. The average molecular weight is 367 g/mol. The van der Waals surface area contributed by atoms with Crippen LogP contribution in [-0.4, -0.2) is 58.7 Å². The quantitative estimate of drug-likeness (QED) is 0.820. The Morgan fingerprint density at radius 3 is 2.48 bits per heavy atom. The van der Waals surface area contributed by atoms with Gasteiger partial charge < -0.3 is 9.80 Å². The highest BCUT2D eigenvalue weighted by atomic mass is 16.2. The molecule has 1 atom stereocenters. The molecule has 5 heteroatoms. The molecule has 3 heterocycles. The van der Waals surface area contributed by atoms with Crippen LogP contribution in [0.5, 0.6) is 0 Å². The van der Waals surface area contributed by atoms with Crippen LogP contribution in [-0.2, 0) is 7.05 Å². The molecule has 0 unspecified atom stereocenters. The second kappa shape index (κ2) is 7.12. The van der Waals surface area contributed by atoms with Gasteiger partial charge in [0.1, 0.15) is 0 Å². The van der Waals surface area contributed by atoms with Crippen molar-refractivity contribution in [1.82, 2.24) is 19.6 Å². The van der Waals surface area contributed by atoms with E-state index in [4.69, 9.17) is 0 Å². The second-order valence-electron chi connectivity index (χ2n) is 8.60. The molecule has 2 aromatic rings. The molecule has 2 saturated heterocycles. The normalized spacial score (nSPS) is 22.9. The van der Waals surface area contributed by atoms with E-state index in [9.17, 15) is 4.79 Å². The summed E-state index contributed by atoms with van der Waals surface area (Å²) in [5.41, 5.74) is 3.35. The van der Waals surface area contributed by atoms with Crippen molar-refractivity contribution < 1.29 is 4.79 Å². The first kappa shape index (κ1) is 18.2. The predicted octanol–water partition coefficient (Wildman–Crippen LogP) is 3.07. The first-order valence-electron chi connectivity index (χ1n) is 9.99. The van der Waals surface area contributed by atoms with E-state index in [0.29, 0.717) is 11.3 Å². The number of carbonyl (C=O) groups is 1. The van der Waals surface area contributed by atoms with Crippen LogP contribution < -0.4 is 0 Å². The number of likely N-dealkylation sites (tertiary alicyclic amines) is 2. The van der Waals surface area contributed by atoms with Gasteiger partial charge in [0, 0.05) is 39.4 Å². The van der Waals surface area contributed by atoms with Crippen LogP contribution in [0.1, 0.15) is 46.8 Å². The van der Waals surface area contributed by atoms with Gasteiger partial charge in [0.25, 0.3) is 5.91 Å². The lowest BCUT2D eigenvalue weighted by Crippen LogP contribution is -2.51. The zero-order valence-corrected chi connectivity index (χ0v) is 16.7. The number of aromatic nitrogens is 2. The van der Waals surface area contributed by atoms with Crippen LogP contribution in [0.4, 0.5) is 0 Å². The van der Waals surface area contributed by atoms with Crippen LogP contribution >= 0.6 is 0 Å². The highest BCUT2D eigenvalue weighted by molar-refractivity contribution is 5.95. The van der Waals surface area contributed by atoms with E-state index in [1.54, 1.807) is 4.68 Å². The lowest BCUT2D eigenvalue weighted by atomic mass is 9.68. The molecular weight excluding hydrogens is 336 g/mol. The van der Waals surface area contributed by atoms with Crippen molar-refractivity contribution in [2.24, 2.45) is 12.5 Å². The van der Waals surface area contributed by atoms with Crippen LogP contribution in [0, 0.1) is 12.3 Å². The number of carbonyl (C=O) groups excluding carboxylic acids is 1. The van der Waals surface area contributed by atoms with Gasteiger partial charge in [0.2, 0.25) is 0 Å². The van der Waals surface area contributed by atoms with Crippen molar-refractivity contribution in [3.63, 3.8) is 0 Å². The summed E-state index contributed by atoms with van der Waals surface area (Å²) in [6.07, 6.45) is 5.26. The summed E-state index contributed by atoms with van der Waals surface area (Å²) in [6, 6.07) is 10.9. The van der Waals surface area contributed by atoms with Crippen molar-refractivity contribution in [3.05, 3.63) is 53.3 Å². The molecular formula is C22H30N4O. The summed E-state index contributed by atoms with van der Waals surface area (Å²) in [5.74, 6) is 0.729. The molecule has 0 radical (unpaired) electrons. The average Bonchev–Trinajstić information content (AvgIpc) is 3.00. The highest BCUT2D eigenvalue weighted by Crippen LogP contribution is 2.44. The number of likely N-dealkylation sites (N-methyl/N-ethyl adjacent to an activating group) is 1. The van der Waals surface area contributed by atoms with Gasteiger partial charge in [0.15, 0.2) is 0 Å². The number of benzene rings is 1. The van der Waals surface area contributed by atoms with Crippen molar-refractivity contribution in [2.75, 3.05) is 33.2 Å². The standard InChI is InChI=1S/C22H30N4O/c1-17-20(15-25(3)23-17)21(27)26-11-9-22(10-12-26)13-19(14-24(2)16-22)18-7-5-4-6-8-18/h4-8,15,19H,9-14,16H2,1-3H3/t19-/m0/s1. The summed E-state index contributed by atoms with van der Waals surface area (Å²) < 4.78 is 1.73. The fourth-order valence-electron chi connectivity index (χ4n) is 5.14. The smallest absolute Gasteiger partial charge is 0.257 e. The fraction of sp³-hybridized carbons (Fsp3) is 0.545. The third-order valence-electron chi connectivity index (χ3n) is 6.44. The first-order valence-corrected chi connectivity index (χ1v) is 9.99. The Morgan fingerprint density at radius 1 is 1.15 bits per heavy atom. The Balaban J connectivity index is 1.45. The Kier molecular flexibility index (Phi) is 4.81. The maximum absolute atomic E-state index is 12.9. The Labute approximate surface area is 162 Å². The number of rotatable bonds is 2. The first-order chi connectivity index (χ1) is 13.0. The largest absolute Gasteiger partial charge is 0.339 e. The summed E-state index contributed by atoms with van der Waals surface area (Å²) in [5, 5.41) is 4.33. The number of piperidine rings is 2. The SMILES string of the molecule is Cc1nn(C)cc1C(=O)N1CCC2(CC1)C[C@H](c1ccccc1)CN(C)C2. The lowest BCUT2D eigenvalue weighted by molar-refractivity contribution is 0.0224. The Hall–Kier alpha value is -2.14. The second-order valence-corrected chi connectivity index (χ2v) is 8.60. The Morgan fingerprint density at radius 2 is 1.85 bits per heavy atom. The van der Waals surface area contributed by atoms with E-state index in [0.717, 1.165) is 50.3 Å². The van der Waals surface area contributed by atoms with E-state index in [1.165, 1.54) is 12.0 Å². The van der Waals surface area contributed by atoms with E-state index >= 15 is 0 Å². The minimum absolute atomic E-state index is 0.138. The molecule has 2 aliphatic heterocycles. The fourth-order valence-corrected chi connectivity index (χ4v) is 5.14. The minimum atomic E-state index is 0.138. The molecule has 0 aliphatic carbocycles. The molecule has 0 N–H and O–H groups in total. The Bertz CT molecular complexity index is 805. The highest BCUT2D eigenvalue weighted by Gasteiger charge is 2.42. The molecule has 144 valence electrons. The maximum atomic E-state index is 12.9. The molecule has 0 saturated carbocycles. The number of nitrogens with zero attached hydrogens (tertiary/aromatic N) is 4.